The Kier molecular flexibility index (Phi) is 5.99. The van der Waals surface area contributed by atoms with Crippen LogP contribution in [0.1, 0.15) is 26.7 Å². The lowest BCUT2D eigenvalue weighted by atomic mass is 9.65. The van der Waals surface area contributed by atoms with Gasteiger partial charge in [0.1, 0.15) is 7.28 Å². The van der Waals surface area contributed by atoms with Crippen LogP contribution in [0.2, 0.25) is 12.6 Å². The fourth-order valence-corrected chi connectivity index (χ4v) is 0.981. The van der Waals surface area contributed by atoms with E-state index in [9.17, 15) is 4.79 Å². The first kappa shape index (κ1) is 10.5. The van der Waals surface area contributed by atoms with E-state index in [1.54, 1.807) is 0 Å². The zero-order chi connectivity index (χ0) is 8.69. The minimum atomic E-state index is -0.0862. The standard InChI is InChI=1S/C8H16BO2/c1-4-6-7(9-3)8(10)11-5-2/h7H,4-6H2,1-3H3. The van der Waals surface area contributed by atoms with Crippen molar-refractivity contribution < 1.29 is 9.53 Å². The number of carbonyl (C=O) groups is 1. The van der Waals surface area contributed by atoms with Gasteiger partial charge in [-0.2, -0.15) is 0 Å². The zero-order valence-corrected chi connectivity index (χ0v) is 7.59. The molecule has 0 fully saturated rings. The van der Waals surface area contributed by atoms with Gasteiger partial charge in [-0.25, -0.2) is 0 Å². The molecular weight excluding hydrogens is 139 g/mol. The normalized spacial score (nSPS) is 12.3. The van der Waals surface area contributed by atoms with Crippen molar-refractivity contribution in [1.29, 1.82) is 0 Å². The molecule has 11 heavy (non-hydrogen) atoms. The molecule has 0 saturated carbocycles. The van der Waals surface area contributed by atoms with Crippen LogP contribution in [0, 0.1) is 0 Å². The molecule has 0 N–H and O–H groups in total. The Bertz CT molecular complexity index is 115. The van der Waals surface area contributed by atoms with Crippen LogP contribution in [0.5, 0.6) is 0 Å². The second kappa shape index (κ2) is 6.26. The average molecular weight is 155 g/mol. The van der Waals surface area contributed by atoms with E-state index in [2.05, 4.69) is 6.92 Å². The summed E-state index contributed by atoms with van der Waals surface area (Å²) in [5, 5.41) is 0. The molecule has 0 aromatic carbocycles. The number of hydrogen-bond acceptors (Lipinski definition) is 2. The first-order valence-electron chi connectivity index (χ1n) is 4.22. The molecule has 0 rings (SSSR count). The van der Waals surface area contributed by atoms with Crippen LogP contribution in [0.25, 0.3) is 0 Å². The molecule has 0 amide bonds. The monoisotopic (exact) mass is 155 g/mol. The lowest BCUT2D eigenvalue weighted by Crippen LogP contribution is -2.16. The molecule has 0 aliphatic carbocycles. The van der Waals surface area contributed by atoms with Crippen LogP contribution in [0.15, 0.2) is 0 Å². The Morgan fingerprint density at radius 1 is 1.55 bits per heavy atom. The van der Waals surface area contributed by atoms with Gasteiger partial charge in [-0.05, 0) is 13.3 Å². The Hall–Kier alpha value is -0.465. The third kappa shape index (κ3) is 4.07. The number of hydrogen-bond donors (Lipinski definition) is 0. The van der Waals surface area contributed by atoms with Crippen LogP contribution in [-0.2, 0) is 9.53 Å². The van der Waals surface area contributed by atoms with Crippen LogP contribution in [0.3, 0.4) is 0 Å². The maximum atomic E-state index is 11.1. The second-order valence-electron chi connectivity index (χ2n) is 2.48. The van der Waals surface area contributed by atoms with Gasteiger partial charge in [0, 0.05) is 5.82 Å². The molecule has 0 aromatic heterocycles. The number of esters is 1. The number of ether oxygens (including phenoxy) is 1. The fraction of sp³-hybridized carbons (Fsp3) is 0.875. The van der Waals surface area contributed by atoms with E-state index in [0.29, 0.717) is 6.61 Å². The molecule has 0 aliphatic heterocycles. The van der Waals surface area contributed by atoms with E-state index in [0.717, 1.165) is 12.8 Å². The molecule has 1 atom stereocenters. The number of rotatable bonds is 5. The molecule has 0 saturated heterocycles. The molecular formula is C8H16BO2. The minimum Gasteiger partial charge on any atom is -0.466 e. The quantitative estimate of drug-likeness (QED) is 0.447. The van der Waals surface area contributed by atoms with Crippen molar-refractivity contribution in [3.05, 3.63) is 0 Å². The predicted molar refractivity (Wildman–Crippen MR) is 46.9 cm³/mol. The Labute approximate surface area is 69.6 Å². The lowest BCUT2D eigenvalue weighted by Gasteiger charge is -2.10. The highest BCUT2D eigenvalue weighted by Gasteiger charge is 2.16. The van der Waals surface area contributed by atoms with Crippen molar-refractivity contribution in [2.75, 3.05) is 6.61 Å². The van der Waals surface area contributed by atoms with Gasteiger partial charge in [-0.1, -0.05) is 20.2 Å². The van der Waals surface area contributed by atoms with Gasteiger partial charge in [0.15, 0.2) is 0 Å². The van der Waals surface area contributed by atoms with Crippen molar-refractivity contribution in [2.45, 2.75) is 39.3 Å². The molecule has 0 bridgehead atoms. The summed E-state index contributed by atoms with van der Waals surface area (Å²) in [6, 6.07) is 0. The molecule has 0 spiro atoms. The van der Waals surface area contributed by atoms with Gasteiger partial charge in [-0.15, -0.1) is 0 Å². The highest BCUT2D eigenvalue weighted by molar-refractivity contribution is 6.41. The third-order valence-electron chi connectivity index (χ3n) is 1.59. The second-order valence-corrected chi connectivity index (χ2v) is 2.48. The van der Waals surface area contributed by atoms with E-state index in [1.807, 2.05) is 21.0 Å². The average Bonchev–Trinajstić information content (AvgIpc) is 2.00. The first-order chi connectivity index (χ1) is 5.26. The van der Waals surface area contributed by atoms with Crippen molar-refractivity contribution >= 4 is 13.2 Å². The van der Waals surface area contributed by atoms with E-state index in [1.165, 1.54) is 0 Å². The minimum absolute atomic E-state index is 0.0000463. The van der Waals surface area contributed by atoms with Crippen LogP contribution >= 0.6 is 0 Å². The van der Waals surface area contributed by atoms with E-state index < -0.39 is 0 Å². The molecule has 1 radical (unpaired) electrons. The molecule has 2 nitrogen and oxygen atoms in total. The summed E-state index contributed by atoms with van der Waals surface area (Å²) < 4.78 is 4.88. The number of carbonyl (C=O) groups excluding carboxylic acids is 1. The molecule has 0 heterocycles. The largest absolute Gasteiger partial charge is 0.466 e. The third-order valence-corrected chi connectivity index (χ3v) is 1.59. The summed E-state index contributed by atoms with van der Waals surface area (Å²) in [6.07, 6.45) is 1.92. The van der Waals surface area contributed by atoms with E-state index in [4.69, 9.17) is 4.74 Å². The van der Waals surface area contributed by atoms with Crippen LogP contribution in [0.4, 0.5) is 0 Å². The van der Waals surface area contributed by atoms with Crippen molar-refractivity contribution in [3.8, 4) is 0 Å². The van der Waals surface area contributed by atoms with E-state index in [-0.39, 0.29) is 11.8 Å². The van der Waals surface area contributed by atoms with Gasteiger partial charge < -0.3 is 4.74 Å². The van der Waals surface area contributed by atoms with Crippen LogP contribution in [-0.4, -0.2) is 19.9 Å². The summed E-state index contributed by atoms with van der Waals surface area (Å²) >= 11 is 0. The van der Waals surface area contributed by atoms with Gasteiger partial charge >= 0.3 is 5.97 Å². The highest BCUT2D eigenvalue weighted by Crippen LogP contribution is 2.13. The smallest absolute Gasteiger partial charge is 0.300 e. The van der Waals surface area contributed by atoms with Gasteiger partial charge in [0.2, 0.25) is 0 Å². The summed E-state index contributed by atoms with van der Waals surface area (Å²) in [6.45, 7) is 6.27. The SMILES string of the molecule is C[B]C(CCC)C(=O)OCC. The van der Waals surface area contributed by atoms with Crippen molar-refractivity contribution in [1.82, 2.24) is 0 Å². The maximum absolute atomic E-state index is 11.1. The van der Waals surface area contributed by atoms with Crippen LogP contribution < -0.4 is 0 Å². The summed E-state index contributed by atoms with van der Waals surface area (Å²) in [4.78, 5) is 11.1. The summed E-state index contributed by atoms with van der Waals surface area (Å²) in [7, 11) is 1.90. The molecule has 0 aliphatic rings. The molecule has 1 unspecified atom stereocenters. The summed E-state index contributed by atoms with van der Waals surface area (Å²) in [5.41, 5.74) is 0. The Morgan fingerprint density at radius 3 is 2.55 bits per heavy atom. The Balaban J connectivity index is 3.71. The lowest BCUT2D eigenvalue weighted by molar-refractivity contribution is -0.143. The fourth-order valence-electron chi connectivity index (χ4n) is 0.981. The Morgan fingerprint density at radius 2 is 2.18 bits per heavy atom. The first-order valence-corrected chi connectivity index (χ1v) is 4.22. The van der Waals surface area contributed by atoms with Gasteiger partial charge in [0.25, 0.3) is 0 Å². The molecule has 3 heteroatoms. The summed E-state index contributed by atoms with van der Waals surface area (Å²) in [5.74, 6) is -0.0863. The molecule has 63 valence electrons. The van der Waals surface area contributed by atoms with Gasteiger partial charge in [0.05, 0.1) is 6.61 Å². The predicted octanol–water partition coefficient (Wildman–Crippen LogP) is 1.89. The van der Waals surface area contributed by atoms with Gasteiger partial charge in [-0.3, -0.25) is 4.79 Å². The van der Waals surface area contributed by atoms with E-state index >= 15 is 0 Å². The van der Waals surface area contributed by atoms with Crippen molar-refractivity contribution in [2.24, 2.45) is 0 Å². The maximum Gasteiger partial charge on any atom is 0.300 e. The highest BCUT2D eigenvalue weighted by atomic mass is 16.5. The van der Waals surface area contributed by atoms with Crippen molar-refractivity contribution in [3.63, 3.8) is 0 Å². The molecule has 0 aromatic rings. The zero-order valence-electron chi connectivity index (χ0n) is 7.59. The topological polar surface area (TPSA) is 26.3 Å².